The molecule has 2 N–H and O–H groups in total. The van der Waals surface area contributed by atoms with Gasteiger partial charge in [-0.05, 0) is 70.8 Å². The van der Waals surface area contributed by atoms with Crippen LogP contribution in [0, 0.1) is 9.39 Å². The second-order valence-corrected chi connectivity index (χ2v) is 5.87. The molecule has 0 bridgehead atoms. The number of rotatable bonds is 2. The molecule has 0 spiro atoms. The fourth-order valence-corrected chi connectivity index (χ4v) is 3.21. The Kier molecular flexibility index (Phi) is 3.35. The highest BCUT2D eigenvalue weighted by Gasteiger charge is 2.24. The third-order valence-electron chi connectivity index (χ3n) is 3.51. The van der Waals surface area contributed by atoms with E-state index in [1.807, 2.05) is 12.1 Å². The van der Waals surface area contributed by atoms with Crippen LogP contribution in [0.15, 0.2) is 36.4 Å². The average Bonchev–Trinajstić information content (AvgIpc) is 2.78. The molecule has 0 saturated heterocycles. The van der Waals surface area contributed by atoms with Crippen molar-refractivity contribution >= 4 is 28.3 Å². The Morgan fingerprint density at radius 3 is 2.89 bits per heavy atom. The van der Waals surface area contributed by atoms with Crippen LogP contribution in [0.5, 0.6) is 5.75 Å². The molecule has 1 atom stereocenters. The van der Waals surface area contributed by atoms with Crippen molar-refractivity contribution < 1.29 is 9.50 Å². The first-order valence-corrected chi connectivity index (χ1v) is 7.25. The maximum absolute atomic E-state index is 13.1. The molecule has 4 heteroatoms. The smallest absolute Gasteiger partial charge is 0.124 e. The molecule has 2 aromatic rings. The van der Waals surface area contributed by atoms with E-state index in [-0.39, 0.29) is 11.9 Å². The molecule has 0 fully saturated rings. The largest absolute Gasteiger partial charge is 0.508 e. The van der Waals surface area contributed by atoms with E-state index in [9.17, 15) is 9.50 Å². The van der Waals surface area contributed by atoms with Gasteiger partial charge in [0.2, 0.25) is 0 Å². The number of anilines is 1. The van der Waals surface area contributed by atoms with Crippen LogP contribution < -0.4 is 5.32 Å². The predicted octanol–water partition coefficient (Wildman–Crippen LogP) is 4.24. The Balaban J connectivity index is 1.89. The number of phenolic OH excluding ortho intramolecular Hbond substituents is 1. The van der Waals surface area contributed by atoms with Crippen molar-refractivity contribution in [2.24, 2.45) is 0 Å². The van der Waals surface area contributed by atoms with Crippen molar-refractivity contribution in [3.8, 4) is 5.75 Å². The number of nitrogens with one attached hydrogen (secondary N) is 1. The highest BCUT2D eigenvalue weighted by Crippen LogP contribution is 2.38. The number of halogens is 2. The monoisotopic (exact) mass is 369 g/mol. The lowest BCUT2D eigenvalue weighted by Crippen LogP contribution is -2.08. The Morgan fingerprint density at radius 1 is 1.26 bits per heavy atom. The van der Waals surface area contributed by atoms with Crippen molar-refractivity contribution in [1.29, 1.82) is 0 Å². The predicted molar refractivity (Wildman–Crippen MR) is 81.9 cm³/mol. The van der Waals surface area contributed by atoms with E-state index in [0.29, 0.717) is 5.75 Å². The zero-order valence-electron chi connectivity index (χ0n) is 10.2. The lowest BCUT2D eigenvalue weighted by Gasteiger charge is -2.17. The third kappa shape index (κ3) is 2.41. The zero-order valence-corrected chi connectivity index (χ0v) is 12.3. The summed E-state index contributed by atoms with van der Waals surface area (Å²) in [4.78, 5) is 0. The number of hydrogen-bond donors (Lipinski definition) is 2. The number of fused-ring (bicyclic) bond motifs is 1. The molecule has 19 heavy (non-hydrogen) atoms. The molecule has 2 aromatic carbocycles. The molecule has 0 aliphatic heterocycles. The van der Waals surface area contributed by atoms with Crippen LogP contribution in [-0.2, 0) is 6.42 Å². The summed E-state index contributed by atoms with van der Waals surface area (Å²) < 4.78 is 14.0. The van der Waals surface area contributed by atoms with Gasteiger partial charge in [-0.3, -0.25) is 0 Å². The maximum Gasteiger partial charge on any atom is 0.124 e. The quantitative estimate of drug-likeness (QED) is 0.777. The Hall–Kier alpha value is -1.30. The molecular weight excluding hydrogens is 356 g/mol. The molecule has 0 saturated carbocycles. The van der Waals surface area contributed by atoms with E-state index in [1.54, 1.807) is 12.1 Å². The summed E-state index contributed by atoms with van der Waals surface area (Å²) in [5.41, 5.74) is 3.10. The van der Waals surface area contributed by atoms with Gasteiger partial charge in [0.05, 0.1) is 6.04 Å². The fraction of sp³-hybridized carbons (Fsp3) is 0.200. The minimum Gasteiger partial charge on any atom is -0.508 e. The van der Waals surface area contributed by atoms with Gasteiger partial charge >= 0.3 is 0 Å². The standard InChI is InChI=1S/C15H13FINO/c16-9-4-6-14(12(17)8-9)18-13-7-5-11-10(13)2-1-3-15(11)19/h1-4,6,8,13,18-19H,5,7H2. The van der Waals surface area contributed by atoms with Crippen LogP contribution in [-0.4, -0.2) is 5.11 Å². The summed E-state index contributed by atoms with van der Waals surface area (Å²) in [5.74, 6) is 0.148. The molecule has 2 nitrogen and oxygen atoms in total. The van der Waals surface area contributed by atoms with Gasteiger partial charge in [-0.25, -0.2) is 4.39 Å². The van der Waals surface area contributed by atoms with Gasteiger partial charge in [0.1, 0.15) is 11.6 Å². The highest BCUT2D eigenvalue weighted by atomic mass is 127. The van der Waals surface area contributed by atoms with Crippen LogP contribution in [0.1, 0.15) is 23.6 Å². The zero-order chi connectivity index (χ0) is 13.4. The first-order chi connectivity index (χ1) is 9.15. The van der Waals surface area contributed by atoms with Crippen molar-refractivity contribution in [3.05, 3.63) is 56.9 Å². The molecule has 0 heterocycles. The molecule has 0 amide bonds. The van der Waals surface area contributed by atoms with Crippen LogP contribution >= 0.6 is 22.6 Å². The van der Waals surface area contributed by atoms with Gasteiger partial charge in [-0.1, -0.05) is 12.1 Å². The van der Waals surface area contributed by atoms with E-state index in [1.165, 1.54) is 12.1 Å². The minimum atomic E-state index is -0.223. The molecule has 98 valence electrons. The van der Waals surface area contributed by atoms with Crippen molar-refractivity contribution in [3.63, 3.8) is 0 Å². The lowest BCUT2D eigenvalue weighted by molar-refractivity contribution is 0.469. The topological polar surface area (TPSA) is 32.3 Å². The summed E-state index contributed by atoms with van der Waals surface area (Å²) >= 11 is 2.13. The van der Waals surface area contributed by atoms with E-state index < -0.39 is 0 Å². The number of benzene rings is 2. The average molecular weight is 369 g/mol. The molecule has 0 radical (unpaired) electrons. The lowest BCUT2D eigenvalue weighted by atomic mass is 10.1. The van der Waals surface area contributed by atoms with Gasteiger partial charge in [0.25, 0.3) is 0 Å². The van der Waals surface area contributed by atoms with E-state index in [2.05, 4.69) is 27.9 Å². The summed E-state index contributed by atoms with van der Waals surface area (Å²) in [6.45, 7) is 0. The van der Waals surface area contributed by atoms with Gasteiger partial charge in [-0.15, -0.1) is 0 Å². The SMILES string of the molecule is Oc1cccc2c1CCC2Nc1ccc(F)cc1I. The number of aromatic hydroxyl groups is 1. The maximum atomic E-state index is 13.1. The molecule has 1 unspecified atom stereocenters. The van der Waals surface area contributed by atoms with Gasteiger partial charge < -0.3 is 10.4 Å². The summed E-state index contributed by atoms with van der Waals surface area (Å²) in [6, 6.07) is 10.5. The second-order valence-electron chi connectivity index (χ2n) is 4.70. The van der Waals surface area contributed by atoms with Crippen molar-refractivity contribution in [2.75, 3.05) is 5.32 Å². The Labute approximate surface area is 124 Å². The van der Waals surface area contributed by atoms with Crippen LogP contribution in [0.25, 0.3) is 0 Å². The van der Waals surface area contributed by atoms with Crippen molar-refractivity contribution in [1.82, 2.24) is 0 Å². The summed E-state index contributed by atoms with van der Waals surface area (Å²) in [7, 11) is 0. The highest BCUT2D eigenvalue weighted by molar-refractivity contribution is 14.1. The second kappa shape index (κ2) is 5.00. The summed E-state index contributed by atoms with van der Waals surface area (Å²) in [6.07, 6.45) is 1.82. The van der Waals surface area contributed by atoms with Crippen molar-refractivity contribution in [2.45, 2.75) is 18.9 Å². The normalized spacial score (nSPS) is 17.3. The first kappa shape index (κ1) is 12.7. The molecule has 1 aliphatic carbocycles. The van der Waals surface area contributed by atoms with Crippen LogP contribution in [0.3, 0.4) is 0 Å². The Bertz CT molecular complexity index is 630. The van der Waals surface area contributed by atoms with Crippen LogP contribution in [0.4, 0.5) is 10.1 Å². The fourth-order valence-electron chi connectivity index (χ4n) is 2.58. The van der Waals surface area contributed by atoms with E-state index in [0.717, 1.165) is 33.2 Å². The summed E-state index contributed by atoms with van der Waals surface area (Å²) in [5, 5.41) is 13.3. The molecule has 0 aromatic heterocycles. The number of phenols is 1. The third-order valence-corrected chi connectivity index (χ3v) is 4.40. The van der Waals surface area contributed by atoms with E-state index >= 15 is 0 Å². The first-order valence-electron chi connectivity index (χ1n) is 6.17. The minimum absolute atomic E-state index is 0.182. The molecular formula is C15H13FINO. The molecule has 3 rings (SSSR count). The van der Waals surface area contributed by atoms with E-state index in [4.69, 9.17) is 0 Å². The van der Waals surface area contributed by atoms with Gasteiger partial charge in [0, 0.05) is 9.26 Å². The van der Waals surface area contributed by atoms with Crippen LogP contribution in [0.2, 0.25) is 0 Å². The molecule has 1 aliphatic rings. The Morgan fingerprint density at radius 2 is 2.11 bits per heavy atom. The number of hydrogen-bond acceptors (Lipinski definition) is 2. The van der Waals surface area contributed by atoms with Gasteiger partial charge in [0.15, 0.2) is 0 Å². The van der Waals surface area contributed by atoms with Gasteiger partial charge in [-0.2, -0.15) is 0 Å².